The van der Waals surface area contributed by atoms with Crippen LogP contribution in [0, 0.1) is 6.92 Å². The lowest BCUT2D eigenvalue weighted by molar-refractivity contribution is 0.102. The van der Waals surface area contributed by atoms with Gasteiger partial charge in [0.05, 0.1) is 6.61 Å². The fourth-order valence-corrected chi connectivity index (χ4v) is 2.20. The summed E-state index contributed by atoms with van der Waals surface area (Å²) < 4.78 is 0.982. The van der Waals surface area contributed by atoms with Crippen molar-refractivity contribution in [2.45, 2.75) is 13.5 Å². The SMILES string of the molecule is Cc1cc(Br)ccc1NC(=O)c1ccc(CO)cc1. The number of aliphatic hydroxyl groups is 1. The number of aliphatic hydroxyl groups excluding tert-OH is 1. The number of benzene rings is 2. The van der Waals surface area contributed by atoms with Crippen LogP contribution in [0.2, 0.25) is 0 Å². The number of amides is 1. The third kappa shape index (κ3) is 3.43. The maximum absolute atomic E-state index is 12.1. The van der Waals surface area contributed by atoms with E-state index in [0.717, 1.165) is 21.3 Å². The second-order valence-corrected chi connectivity index (χ2v) is 5.18. The zero-order valence-electron chi connectivity index (χ0n) is 10.5. The molecule has 3 nitrogen and oxygen atoms in total. The molecule has 2 rings (SSSR count). The molecule has 0 bridgehead atoms. The highest BCUT2D eigenvalue weighted by atomic mass is 79.9. The number of nitrogens with one attached hydrogen (secondary N) is 1. The number of carbonyl (C=O) groups excluding carboxylic acids is 1. The monoisotopic (exact) mass is 319 g/mol. The molecular formula is C15H14BrNO2. The van der Waals surface area contributed by atoms with Crippen molar-refractivity contribution in [3.8, 4) is 0 Å². The first-order valence-electron chi connectivity index (χ1n) is 5.87. The summed E-state index contributed by atoms with van der Waals surface area (Å²) in [6.45, 7) is 1.92. The molecule has 98 valence electrons. The van der Waals surface area contributed by atoms with Crippen LogP contribution in [0.1, 0.15) is 21.5 Å². The Bertz CT molecular complexity index is 594. The highest BCUT2D eigenvalue weighted by Crippen LogP contribution is 2.20. The zero-order valence-corrected chi connectivity index (χ0v) is 12.1. The van der Waals surface area contributed by atoms with Crippen LogP contribution in [0.3, 0.4) is 0 Å². The topological polar surface area (TPSA) is 49.3 Å². The lowest BCUT2D eigenvalue weighted by Crippen LogP contribution is -2.12. The molecule has 19 heavy (non-hydrogen) atoms. The molecule has 1 amide bonds. The predicted octanol–water partition coefficient (Wildman–Crippen LogP) is 3.50. The molecule has 2 N–H and O–H groups in total. The lowest BCUT2D eigenvalue weighted by Gasteiger charge is -2.09. The van der Waals surface area contributed by atoms with E-state index in [0.29, 0.717) is 5.56 Å². The van der Waals surface area contributed by atoms with Crippen LogP contribution < -0.4 is 5.32 Å². The standard InChI is InChI=1S/C15H14BrNO2/c1-10-8-13(16)6-7-14(10)17-15(19)12-4-2-11(9-18)3-5-12/h2-8,18H,9H2,1H3,(H,17,19). The third-order valence-electron chi connectivity index (χ3n) is 2.84. The smallest absolute Gasteiger partial charge is 0.255 e. The number of carbonyl (C=O) groups is 1. The van der Waals surface area contributed by atoms with E-state index in [-0.39, 0.29) is 12.5 Å². The van der Waals surface area contributed by atoms with Crippen LogP contribution in [0.4, 0.5) is 5.69 Å². The molecule has 0 saturated heterocycles. The van der Waals surface area contributed by atoms with Crippen molar-refractivity contribution in [3.05, 3.63) is 63.6 Å². The van der Waals surface area contributed by atoms with Crippen molar-refractivity contribution in [2.24, 2.45) is 0 Å². The Morgan fingerprint density at radius 2 is 1.89 bits per heavy atom. The molecule has 0 saturated carbocycles. The lowest BCUT2D eigenvalue weighted by atomic mass is 10.1. The molecule has 0 aromatic heterocycles. The summed E-state index contributed by atoms with van der Waals surface area (Å²) in [7, 11) is 0. The van der Waals surface area contributed by atoms with Crippen molar-refractivity contribution in [3.63, 3.8) is 0 Å². The van der Waals surface area contributed by atoms with Gasteiger partial charge in [-0.25, -0.2) is 0 Å². The van der Waals surface area contributed by atoms with Crippen molar-refractivity contribution in [1.82, 2.24) is 0 Å². The average molecular weight is 320 g/mol. The summed E-state index contributed by atoms with van der Waals surface area (Å²) in [5.41, 5.74) is 3.14. The first-order chi connectivity index (χ1) is 9.10. The predicted molar refractivity (Wildman–Crippen MR) is 79.2 cm³/mol. The molecule has 0 spiro atoms. The normalized spacial score (nSPS) is 10.3. The van der Waals surface area contributed by atoms with Gasteiger partial charge < -0.3 is 10.4 Å². The van der Waals surface area contributed by atoms with Crippen LogP contribution in [0.15, 0.2) is 46.9 Å². The summed E-state index contributed by atoms with van der Waals surface area (Å²) in [4.78, 5) is 12.1. The maximum atomic E-state index is 12.1. The molecular weight excluding hydrogens is 306 g/mol. The zero-order chi connectivity index (χ0) is 13.8. The summed E-state index contributed by atoms with van der Waals surface area (Å²) >= 11 is 3.39. The molecule has 0 aliphatic heterocycles. The van der Waals surface area contributed by atoms with Gasteiger partial charge >= 0.3 is 0 Å². The molecule has 0 aliphatic carbocycles. The second-order valence-electron chi connectivity index (χ2n) is 4.27. The number of hydrogen-bond donors (Lipinski definition) is 2. The number of halogens is 1. The Hall–Kier alpha value is -1.65. The molecule has 2 aromatic rings. The maximum Gasteiger partial charge on any atom is 0.255 e. The van der Waals surface area contributed by atoms with Crippen LogP contribution in [0.5, 0.6) is 0 Å². The molecule has 0 unspecified atom stereocenters. The van der Waals surface area contributed by atoms with Gasteiger partial charge in [-0.15, -0.1) is 0 Å². The van der Waals surface area contributed by atoms with E-state index in [1.165, 1.54) is 0 Å². The van der Waals surface area contributed by atoms with Crippen LogP contribution >= 0.6 is 15.9 Å². The van der Waals surface area contributed by atoms with Crippen molar-refractivity contribution < 1.29 is 9.90 Å². The summed E-state index contributed by atoms with van der Waals surface area (Å²) in [5, 5.41) is 11.8. The minimum absolute atomic E-state index is 0.0201. The first kappa shape index (κ1) is 13.8. The second kappa shape index (κ2) is 5.99. The van der Waals surface area contributed by atoms with Crippen LogP contribution in [-0.4, -0.2) is 11.0 Å². The first-order valence-corrected chi connectivity index (χ1v) is 6.67. The Labute approximate surface area is 120 Å². The minimum atomic E-state index is -0.157. The number of anilines is 1. The summed E-state index contributed by atoms with van der Waals surface area (Å²) in [5.74, 6) is -0.157. The molecule has 2 aromatic carbocycles. The quantitative estimate of drug-likeness (QED) is 0.909. The summed E-state index contributed by atoms with van der Waals surface area (Å²) in [6, 6.07) is 12.6. The number of rotatable bonds is 3. The Morgan fingerprint density at radius 3 is 2.47 bits per heavy atom. The average Bonchev–Trinajstić information content (AvgIpc) is 2.42. The van der Waals surface area contributed by atoms with Gasteiger partial charge in [0.15, 0.2) is 0 Å². The van der Waals surface area contributed by atoms with Crippen molar-refractivity contribution in [2.75, 3.05) is 5.32 Å². The van der Waals surface area contributed by atoms with Crippen molar-refractivity contribution >= 4 is 27.5 Å². The van der Waals surface area contributed by atoms with Gasteiger partial charge in [-0.2, -0.15) is 0 Å². The van der Waals surface area contributed by atoms with Gasteiger partial charge in [0, 0.05) is 15.7 Å². The minimum Gasteiger partial charge on any atom is -0.392 e. The molecule has 0 atom stereocenters. The van der Waals surface area contributed by atoms with E-state index in [1.54, 1.807) is 24.3 Å². The van der Waals surface area contributed by atoms with E-state index in [1.807, 2.05) is 25.1 Å². The van der Waals surface area contributed by atoms with Crippen LogP contribution in [0.25, 0.3) is 0 Å². The number of hydrogen-bond acceptors (Lipinski definition) is 2. The molecule has 0 radical (unpaired) electrons. The Kier molecular flexibility index (Phi) is 4.35. The summed E-state index contributed by atoms with van der Waals surface area (Å²) in [6.07, 6.45) is 0. The van der Waals surface area contributed by atoms with Gasteiger partial charge in [-0.3, -0.25) is 4.79 Å². The van der Waals surface area contributed by atoms with E-state index in [4.69, 9.17) is 5.11 Å². The molecule has 0 fully saturated rings. The van der Waals surface area contributed by atoms with Gasteiger partial charge in [0.2, 0.25) is 0 Å². The highest BCUT2D eigenvalue weighted by molar-refractivity contribution is 9.10. The van der Waals surface area contributed by atoms with Gasteiger partial charge in [-0.1, -0.05) is 28.1 Å². The van der Waals surface area contributed by atoms with E-state index >= 15 is 0 Å². The van der Waals surface area contributed by atoms with Crippen molar-refractivity contribution in [1.29, 1.82) is 0 Å². The Morgan fingerprint density at radius 1 is 1.21 bits per heavy atom. The third-order valence-corrected chi connectivity index (χ3v) is 3.33. The Balaban J connectivity index is 2.15. The van der Waals surface area contributed by atoms with E-state index in [2.05, 4.69) is 21.2 Å². The fourth-order valence-electron chi connectivity index (χ4n) is 1.72. The van der Waals surface area contributed by atoms with Gasteiger partial charge in [0.1, 0.15) is 0 Å². The highest BCUT2D eigenvalue weighted by Gasteiger charge is 2.07. The number of aryl methyl sites for hydroxylation is 1. The van der Waals surface area contributed by atoms with Gasteiger partial charge in [0.25, 0.3) is 5.91 Å². The molecule has 4 heteroatoms. The molecule has 0 heterocycles. The largest absolute Gasteiger partial charge is 0.392 e. The van der Waals surface area contributed by atoms with E-state index in [9.17, 15) is 4.79 Å². The van der Waals surface area contributed by atoms with Crippen LogP contribution in [-0.2, 0) is 6.61 Å². The van der Waals surface area contributed by atoms with Gasteiger partial charge in [-0.05, 0) is 48.4 Å². The van der Waals surface area contributed by atoms with E-state index < -0.39 is 0 Å². The fraction of sp³-hybridized carbons (Fsp3) is 0.133. The molecule has 0 aliphatic rings.